The molecular formula is C12H23N5O3. The standard InChI is InChI=1S/C12H23N5O3/c1-12(2,3)15-8-10-16-17-11(20-10)14-7-9(18)13-5-6-19-4/h15H,5-8H2,1-4H3,(H,13,18)(H,14,17). The van der Waals surface area contributed by atoms with E-state index in [1.165, 1.54) is 0 Å². The molecule has 1 aromatic rings. The molecule has 1 rings (SSSR count). The molecule has 3 N–H and O–H groups in total. The van der Waals surface area contributed by atoms with Crippen molar-refractivity contribution in [2.75, 3.05) is 32.1 Å². The van der Waals surface area contributed by atoms with E-state index in [4.69, 9.17) is 9.15 Å². The molecule has 1 aromatic heterocycles. The second-order valence-electron chi connectivity index (χ2n) is 5.30. The summed E-state index contributed by atoms with van der Waals surface area (Å²) in [7, 11) is 1.58. The number of hydrogen-bond acceptors (Lipinski definition) is 7. The Morgan fingerprint density at radius 3 is 2.75 bits per heavy atom. The van der Waals surface area contributed by atoms with Crippen molar-refractivity contribution in [1.29, 1.82) is 0 Å². The van der Waals surface area contributed by atoms with Gasteiger partial charge in [0.1, 0.15) is 0 Å². The van der Waals surface area contributed by atoms with Crippen LogP contribution in [0, 0.1) is 0 Å². The Morgan fingerprint density at radius 1 is 1.35 bits per heavy atom. The smallest absolute Gasteiger partial charge is 0.315 e. The third-order valence-electron chi connectivity index (χ3n) is 2.27. The maximum atomic E-state index is 11.4. The Morgan fingerprint density at radius 2 is 2.10 bits per heavy atom. The summed E-state index contributed by atoms with van der Waals surface area (Å²) in [5.74, 6) is 0.317. The predicted octanol–water partition coefficient (Wildman–Crippen LogP) is 0.132. The summed E-state index contributed by atoms with van der Waals surface area (Å²) in [6.07, 6.45) is 0. The molecule has 0 aliphatic carbocycles. The van der Waals surface area contributed by atoms with Crippen LogP contribution in [0.3, 0.4) is 0 Å². The van der Waals surface area contributed by atoms with Crippen LogP contribution in [0.15, 0.2) is 4.42 Å². The fourth-order valence-electron chi connectivity index (χ4n) is 1.25. The van der Waals surface area contributed by atoms with Crippen LogP contribution in [0.25, 0.3) is 0 Å². The molecule has 0 aliphatic rings. The van der Waals surface area contributed by atoms with Gasteiger partial charge in [-0.3, -0.25) is 4.79 Å². The van der Waals surface area contributed by atoms with E-state index < -0.39 is 0 Å². The minimum Gasteiger partial charge on any atom is -0.407 e. The summed E-state index contributed by atoms with van der Waals surface area (Å²) in [5.41, 5.74) is -0.0245. The van der Waals surface area contributed by atoms with Gasteiger partial charge in [-0.25, -0.2) is 0 Å². The Hall–Kier alpha value is -1.67. The van der Waals surface area contributed by atoms with Crippen molar-refractivity contribution >= 4 is 11.9 Å². The van der Waals surface area contributed by atoms with Crippen molar-refractivity contribution < 1.29 is 13.9 Å². The Kier molecular flexibility index (Phi) is 6.40. The first-order valence-corrected chi connectivity index (χ1v) is 6.47. The number of aromatic nitrogens is 2. The van der Waals surface area contributed by atoms with Gasteiger partial charge in [-0.05, 0) is 20.8 Å². The predicted molar refractivity (Wildman–Crippen MR) is 74.3 cm³/mol. The van der Waals surface area contributed by atoms with Crippen LogP contribution in [-0.4, -0.2) is 48.4 Å². The van der Waals surface area contributed by atoms with Gasteiger partial charge in [-0.1, -0.05) is 5.10 Å². The van der Waals surface area contributed by atoms with Gasteiger partial charge in [0.05, 0.1) is 19.7 Å². The average Bonchev–Trinajstić information content (AvgIpc) is 2.81. The van der Waals surface area contributed by atoms with Crippen molar-refractivity contribution in [3.05, 3.63) is 5.89 Å². The summed E-state index contributed by atoms with van der Waals surface area (Å²) in [6, 6.07) is 0.234. The van der Waals surface area contributed by atoms with Crippen molar-refractivity contribution in [1.82, 2.24) is 20.8 Å². The molecule has 0 saturated heterocycles. The molecule has 8 heteroatoms. The van der Waals surface area contributed by atoms with Gasteiger partial charge >= 0.3 is 6.01 Å². The van der Waals surface area contributed by atoms with E-state index in [0.29, 0.717) is 25.6 Å². The fourth-order valence-corrected chi connectivity index (χ4v) is 1.25. The SMILES string of the molecule is COCCNC(=O)CNc1nnc(CNC(C)(C)C)o1. The first-order chi connectivity index (χ1) is 9.40. The van der Waals surface area contributed by atoms with Gasteiger partial charge in [0.25, 0.3) is 0 Å². The molecule has 1 heterocycles. The van der Waals surface area contributed by atoms with E-state index >= 15 is 0 Å². The van der Waals surface area contributed by atoms with Crippen LogP contribution in [0.1, 0.15) is 26.7 Å². The molecule has 8 nitrogen and oxygen atoms in total. The zero-order valence-electron chi connectivity index (χ0n) is 12.4. The van der Waals surface area contributed by atoms with E-state index in [0.717, 1.165) is 0 Å². The van der Waals surface area contributed by atoms with Crippen LogP contribution in [-0.2, 0) is 16.1 Å². The molecule has 0 radical (unpaired) electrons. The van der Waals surface area contributed by atoms with Crippen LogP contribution in [0.2, 0.25) is 0 Å². The highest BCUT2D eigenvalue weighted by Crippen LogP contribution is 2.06. The third-order valence-corrected chi connectivity index (χ3v) is 2.27. The lowest BCUT2D eigenvalue weighted by molar-refractivity contribution is -0.119. The lowest BCUT2D eigenvalue weighted by Crippen LogP contribution is -2.35. The van der Waals surface area contributed by atoms with Crippen LogP contribution < -0.4 is 16.0 Å². The molecule has 20 heavy (non-hydrogen) atoms. The first-order valence-electron chi connectivity index (χ1n) is 6.47. The van der Waals surface area contributed by atoms with Crippen molar-refractivity contribution in [2.24, 2.45) is 0 Å². The van der Waals surface area contributed by atoms with Crippen LogP contribution in [0.5, 0.6) is 0 Å². The number of hydrogen-bond donors (Lipinski definition) is 3. The maximum absolute atomic E-state index is 11.4. The summed E-state index contributed by atoms with van der Waals surface area (Å²) in [6.45, 7) is 7.67. The van der Waals surface area contributed by atoms with Crippen molar-refractivity contribution in [3.63, 3.8) is 0 Å². The number of nitrogens with zero attached hydrogens (tertiary/aromatic N) is 2. The highest BCUT2D eigenvalue weighted by Gasteiger charge is 2.12. The molecule has 0 aromatic carbocycles. The lowest BCUT2D eigenvalue weighted by atomic mass is 10.1. The summed E-state index contributed by atoms with van der Waals surface area (Å²) in [4.78, 5) is 11.4. The van der Waals surface area contributed by atoms with Crippen molar-refractivity contribution in [2.45, 2.75) is 32.9 Å². The van der Waals surface area contributed by atoms with E-state index in [9.17, 15) is 4.79 Å². The Balaban J connectivity index is 2.28. The van der Waals surface area contributed by atoms with E-state index in [1.54, 1.807) is 7.11 Å². The Labute approximate surface area is 118 Å². The topological polar surface area (TPSA) is 101 Å². The number of nitrogens with one attached hydrogen (secondary N) is 3. The summed E-state index contributed by atoms with van der Waals surface area (Å²) in [5, 5.41) is 16.4. The number of carbonyl (C=O) groups is 1. The highest BCUT2D eigenvalue weighted by atomic mass is 16.5. The molecule has 0 aliphatic heterocycles. The highest BCUT2D eigenvalue weighted by molar-refractivity contribution is 5.79. The van der Waals surface area contributed by atoms with E-state index in [-0.39, 0.29) is 24.0 Å². The Bertz CT molecular complexity index is 413. The monoisotopic (exact) mass is 285 g/mol. The molecular weight excluding hydrogens is 262 g/mol. The third kappa shape index (κ3) is 7.05. The minimum absolute atomic E-state index is 0.0245. The number of amides is 1. The molecule has 0 unspecified atom stereocenters. The number of methoxy groups -OCH3 is 1. The molecule has 0 bridgehead atoms. The quantitative estimate of drug-likeness (QED) is 0.584. The largest absolute Gasteiger partial charge is 0.407 e. The lowest BCUT2D eigenvalue weighted by Gasteiger charge is -2.18. The summed E-state index contributed by atoms with van der Waals surface area (Å²) < 4.78 is 10.2. The number of carbonyl (C=O) groups excluding carboxylic acids is 1. The minimum atomic E-state index is -0.158. The normalized spacial score (nSPS) is 11.4. The first kappa shape index (κ1) is 16.4. The zero-order chi connectivity index (χ0) is 15.0. The van der Waals surface area contributed by atoms with Crippen LogP contribution in [0.4, 0.5) is 6.01 Å². The van der Waals surface area contributed by atoms with Gasteiger partial charge in [0.2, 0.25) is 11.8 Å². The second-order valence-corrected chi connectivity index (χ2v) is 5.30. The molecule has 1 amide bonds. The average molecular weight is 285 g/mol. The van der Waals surface area contributed by atoms with Gasteiger partial charge < -0.3 is 25.1 Å². The second kappa shape index (κ2) is 7.81. The number of anilines is 1. The molecule has 0 atom stereocenters. The van der Waals surface area contributed by atoms with Gasteiger partial charge in [-0.15, -0.1) is 5.10 Å². The molecule has 0 spiro atoms. The zero-order valence-corrected chi connectivity index (χ0v) is 12.4. The van der Waals surface area contributed by atoms with Gasteiger partial charge in [-0.2, -0.15) is 0 Å². The summed E-state index contributed by atoms with van der Waals surface area (Å²) >= 11 is 0. The van der Waals surface area contributed by atoms with Crippen LogP contribution >= 0.6 is 0 Å². The number of rotatable bonds is 8. The maximum Gasteiger partial charge on any atom is 0.315 e. The van der Waals surface area contributed by atoms with Gasteiger partial charge in [0, 0.05) is 19.2 Å². The fraction of sp³-hybridized carbons (Fsp3) is 0.750. The van der Waals surface area contributed by atoms with E-state index in [1.807, 2.05) is 20.8 Å². The molecule has 0 fully saturated rings. The van der Waals surface area contributed by atoms with Gasteiger partial charge in [0.15, 0.2) is 0 Å². The van der Waals surface area contributed by atoms with Crippen molar-refractivity contribution in [3.8, 4) is 0 Å². The number of ether oxygens (including phenoxy) is 1. The molecule has 0 saturated carbocycles. The molecule has 114 valence electrons. The van der Waals surface area contributed by atoms with E-state index in [2.05, 4.69) is 26.1 Å².